The molecular formula is C17H23F3O. The molecule has 0 aromatic heterocycles. The molecule has 1 aliphatic carbocycles. The molecular weight excluding hydrogens is 277 g/mol. The van der Waals surface area contributed by atoms with Crippen LogP contribution >= 0.6 is 0 Å². The van der Waals surface area contributed by atoms with Gasteiger partial charge in [0.1, 0.15) is 0 Å². The minimum Gasteiger partial charge on any atom is -0.388 e. The molecule has 0 bridgehead atoms. The van der Waals surface area contributed by atoms with Crippen molar-refractivity contribution in [2.75, 3.05) is 0 Å². The molecule has 21 heavy (non-hydrogen) atoms. The second kappa shape index (κ2) is 7.30. The molecule has 1 fully saturated rings. The molecule has 0 aliphatic heterocycles. The van der Waals surface area contributed by atoms with Crippen molar-refractivity contribution in [2.45, 2.75) is 58.0 Å². The summed E-state index contributed by atoms with van der Waals surface area (Å²) in [6.07, 6.45) is 6.23. The van der Waals surface area contributed by atoms with Gasteiger partial charge in [0.05, 0.1) is 6.10 Å². The summed E-state index contributed by atoms with van der Waals surface area (Å²) < 4.78 is 39.9. The van der Waals surface area contributed by atoms with E-state index >= 15 is 0 Å². The number of aliphatic hydroxyl groups is 1. The Morgan fingerprint density at radius 2 is 1.76 bits per heavy atom. The first-order valence-electron chi connectivity index (χ1n) is 7.86. The fourth-order valence-electron chi connectivity index (χ4n) is 3.31. The molecule has 0 spiro atoms. The van der Waals surface area contributed by atoms with Gasteiger partial charge in [0, 0.05) is 5.56 Å². The highest BCUT2D eigenvalue weighted by Gasteiger charge is 2.30. The monoisotopic (exact) mass is 300 g/mol. The minimum absolute atomic E-state index is 0.0674. The first kappa shape index (κ1) is 16.3. The van der Waals surface area contributed by atoms with E-state index in [1.165, 1.54) is 19.3 Å². The largest absolute Gasteiger partial charge is 0.388 e. The predicted octanol–water partition coefficient (Wildman–Crippen LogP) is 5.13. The van der Waals surface area contributed by atoms with E-state index in [1.54, 1.807) is 0 Å². The molecule has 1 nitrogen and oxygen atoms in total. The molecule has 0 amide bonds. The maximum absolute atomic E-state index is 13.7. The lowest BCUT2D eigenvalue weighted by Gasteiger charge is -2.31. The SMILES string of the molecule is CCCCC1CCC(C(O)c2ccc(F)c(F)c2F)CC1. The zero-order chi connectivity index (χ0) is 15.4. The summed E-state index contributed by atoms with van der Waals surface area (Å²) in [5.74, 6) is -3.35. The summed E-state index contributed by atoms with van der Waals surface area (Å²) in [5.41, 5.74) is -0.120. The van der Waals surface area contributed by atoms with E-state index in [9.17, 15) is 18.3 Å². The van der Waals surface area contributed by atoms with Crippen molar-refractivity contribution < 1.29 is 18.3 Å². The Labute approximate surface area is 124 Å². The molecule has 1 N–H and O–H groups in total. The number of hydrogen-bond donors (Lipinski definition) is 1. The Morgan fingerprint density at radius 3 is 2.38 bits per heavy atom. The van der Waals surface area contributed by atoms with Gasteiger partial charge in [0.25, 0.3) is 0 Å². The standard InChI is InChI=1S/C17H23F3O/c1-2-3-4-11-5-7-12(8-6-11)17(21)13-9-10-14(18)16(20)15(13)19/h9-12,17,21H,2-8H2,1H3. The van der Waals surface area contributed by atoms with Gasteiger partial charge in [0.15, 0.2) is 17.5 Å². The summed E-state index contributed by atoms with van der Waals surface area (Å²) in [5, 5.41) is 10.3. The van der Waals surface area contributed by atoms with E-state index < -0.39 is 23.6 Å². The average Bonchev–Trinajstić information content (AvgIpc) is 2.51. The van der Waals surface area contributed by atoms with Crippen molar-refractivity contribution in [2.24, 2.45) is 11.8 Å². The summed E-state index contributed by atoms with van der Waals surface area (Å²) in [6.45, 7) is 2.17. The molecule has 4 heteroatoms. The Balaban J connectivity index is 1.99. The van der Waals surface area contributed by atoms with Crippen LogP contribution in [0.4, 0.5) is 13.2 Å². The third kappa shape index (κ3) is 3.79. The van der Waals surface area contributed by atoms with E-state index in [4.69, 9.17) is 0 Å². The Hall–Kier alpha value is -1.03. The van der Waals surface area contributed by atoms with Crippen molar-refractivity contribution in [3.05, 3.63) is 35.1 Å². The fraction of sp³-hybridized carbons (Fsp3) is 0.647. The molecule has 1 aromatic rings. The second-order valence-corrected chi connectivity index (χ2v) is 6.13. The van der Waals surface area contributed by atoms with Crippen LogP contribution in [0.3, 0.4) is 0 Å². The predicted molar refractivity (Wildman–Crippen MR) is 76.2 cm³/mol. The number of aliphatic hydroxyl groups excluding tert-OH is 1. The quantitative estimate of drug-likeness (QED) is 0.747. The van der Waals surface area contributed by atoms with Crippen LogP contribution in [-0.2, 0) is 0 Å². The van der Waals surface area contributed by atoms with E-state index in [1.807, 2.05) is 0 Å². The van der Waals surface area contributed by atoms with Crippen LogP contribution in [0.15, 0.2) is 12.1 Å². The van der Waals surface area contributed by atoms with Gasteiger partial charge in [-0.05, 0) is 30.7 Å². The first-order chi connectivity index (χ1) is 10.0. The molecule has 0 heterocycles. The fourth-order valence-corrected chi connectivity index (χ4v) is 3.31. The molecule has 0 saturated heterocycles. The van der Waals surface area contributed by atoms with Gasteiger partial charge in [-0.15, -0.1) is 0 Å². The molecule has 1 aromatic carbocycles. The van der Waals surface area contributed by atoms with Gasteiger partial charge in [-0.2, -0.15) is 0 Å². The van der Waals surface area contributed by atoms with Gasteiger partial charge in [-0.3, -0.25) is 0 Å². The van der Waals surface area contributed by atoms with Crippen LogP contribution < -0.4 is 0 Å². The number of unbranched alkanes of at least 4 members (excludes halogenated alkanes) is 1. The average molecular weight is 300 g/mol. The lowest BCUT2D eigenvalue weighted by molar-refractivity contribution is 0.0684. The van der Waals surface area contributed by atoms with E-state index in [0.717, 1.165) is 37.8 Å². The van der Waals surface area contributed by atoms with Crippen molar-refractivity contribution in [3.8, 4) is 0 Å². The Bertz CT molecular complexity index is 467. The molecule has 2 rings (SSSR count). The highest BCUT2D eigenvalue weighted by molar-refractivity contribution is 5.23. The smallest absolute Gasteiger partial charge is 0.194 e. The number of benzene rings is 1. The number of hydrogen-bond acceptors (Lipinski definition) is 1. The van der Waals surface area contributed by atoms with Gasteiger partial charge in [-0.1, -0.05) is 45.1 Å². The highest BCUT2D eigenvalue weighted by atomic mass is 19.2. The van der Waals surface area contributed by atoms with Crippen LogP contribution in [0.2, 0.25) is 0 Å². The minimum atomic E-state index is -1.50. The second-order valence-electron chi connectivity index (χ2n) is 6.13. The Kier molecular flexibility index (Phi) is 5.68. The van der Waals surface area contributed by atoms with Crippen LogP contribution in [0.25, 0.3) is 0 Å². The third-order valence-electron chi connectivity index (χ3n) is 4.69. The normalized spacial score (nSPS) is 24.0. The first-order valence-corrected chi connectivity index (χ1v) is 7.86. The lowest BCUT2D eigenvalue weighted by atomic mass is 9.76. The van der Waals surface area contributed by atoms with Crippen LogP contribution in [0.1, 0.15) is 63.5 Å². The molecule has 1 aliphatic rings. The third-order valence-corrected chi connectivity index (χ3v) is 4.69. The van der Waals surface area contributed by atoms with Gasteiger partial charge < -0.3 is 5.11 Å². The van der Waals surface area contributed by atoms with Crippen molar-refractivity contribution in [3.63, 3.8) is 0 Å². The molecule has 118 valence electrons. The zero-order valence-electron chi connectivity index (χ0n) is 12.4. The van der Waals surface area contributed by atoms with Crippen LogP contribution in [-0.4, -0.2) is 5.11 Å². The van der Waals surface area contributed by atoms with Crippen molar-refractivity contribution in [1.82, 2.24) is 0 Å². The van der Waals surface area contributed by atoms with Crippen molar-refractivity contribution >= 4 is 0 Å². The van der Waals surface area contributed by atoms with Gasteiger partial charge in [-0.25, -0.2) is 13.2 Å². The molecule has 0 radical (unpaired) electrons. The topological polar surface area (TPSA) is 20.2 Å². The molecule has 1 unspecified atom stereocenters. The van der Waals surface area contributed by atoms with Gasteiger partial charge in [0.2, 0.25) is 0 Å². The maximum atomic E-state index is 13.7. The number of rotatable bonds is 5. The summed E-state index contributed by atoms with van der Waals surface area (Å²) in [4.78, 5) is 0. The van der Waals surface area contributed by atoms with E-state index in [2.05, 4.69) is 6.92 Å². The van der Waals surface area contributed by atoms with Crippen LogP contribution in [0.5, 0.6) is 0 Å². The molecule has 1 saturated carbocycles. The Morgan fingerprint density at radius 1 is 1.10 bits per heavy atom. The van der Waals surface area contributed by atoms with Crippen LogP contribution in [0, 0.1) is 29.3 Å². The maximum Gasteiger partial charge on any atom is 0.194 e. The number of halogens is 3. The van der Waals surface area contributed by atoms with Crippen molar-refractivity contribution in [1.29, 1.82) is 0 Å². The van der Waals surface area contributed by atoms with E-state index in [0.29, 0.717) is 5.92 Å². The summed E-state index contributed by atoms with van der Waals surface area (Å²) in [7, 11) is 0. The summed E-state index contributed by atoms with van der Waals surface area (Å²) in [6, 6.07) is 2.03. The van der Waals surface area contributed by atoms with Gasteiger partial charge >= 0.3 is 0 Å². The summed E-state index contributed by atoms with van der Waals surface area (Å²) >= 11 is 0. The zero-order valence-corrected chi connectivity index (χ0v) is 12.4. The lowest BCUT2D eigenvalue weighted by Crippen LogP contribution is -2.21. The highest BCUT2D eigenvalue weighted by Crippen LogP contribution is 2.39. The molecule has 1 atom stereocenters. The van der Waals surface area contributed by atoms with E-state index in [-0.39, 0.29) is 11.5 Å².